The van der Waals surface area contributed by atoms with Crippen LogP contribution in [-0.4, -0.2) is 6.54 Å². The lowest BCUT2D eigenvalue weighted by Crippen LogP contribution is -2.24. The lowest BCUT2D eigenvalue weighted by atomic mass is 9.98. The molecular weight excluding hydrogens is 299 g/mol. The fourth-order valence-corrected chi connectivity index (χ4v) is 2.44. The van der Waals surface area contributed by atoms with Gasteiger partial charge < -0.3 is 5.32 Å². The van der Waals surface area contributed by atoms with Crippen LogP contribution >= 0.6 is 11.6 Å². The molecule has 2 rings (SSSR count). The fourth-order valence-electron chi connectivity index (χ4n) is 2.23. The van der Waals surface area contributed by atoms with E-state index in [4.69, 9.17) is 11.6 Å². The van der Waals surface area contributed by atoms with Gasteiger partial charge in [0.25, 0.3) is 0 Å². The zero-order valence-corrected chi connectivity index (χ0v) is 12.2. The molecule has 0 aliphatic carbocycles. The zero-order valence-electron chi connectivity index (χ0n) is 11.5. The molecule has 112 valence electrons. The summed E-state index contributed by atoms with van der Waals surface area (Å²) in [5, 5.41) is 3.63. The Morgan fingerprint density at radius 3 is 2.38 bits per heavy atom. The van der Waals surface area contributed by atoms with Gasteiger partial charge in [0.05, 0.1) is 0 Å². The first-order valence-corrected chi connectivity index (χ1v) is 7.02. The van der Waals surface area contributed by atoms with Crippen molar-refractivity contribution in [2.75, 3.05) is 6.54 Å². The number of hydrogen-bond acceptors (Lipinski definition) is 1. The van der Waals surface area contributed by atoms with Crippen LogP contribution in [0, 0.1) is 17.5 Å². The second kappa shape index (κ2) is 6.96. The number of halogens is 4. The number of benzene rings is 2. The quantitative estimate of drug-likeness (QED) is 0.792. The molecule has 0 amide bonds. The first kappa shape index (κ1) is 15.9. The van der Waals surface area contributed by atoms with Crippen LogP contribution in [0.5, 0.6) is 0 Å². The molecule has 0 fully saturated rings. The molecule has 0 aromatic heterocycles. The Morgan fingerprint density at radius 1 is 1.05 bits per heavy atom. The van der Waals surface area contributed by atoms with E-state index in [9.17, 15) is 13.2 Å². The molecule has 1 N–H and O–H groups in total. The summed E-state index contributed by atoms with van der Waals surface area (Å²) in [4.78, 5) is 0. The summed E-state index contributed by atoms with van der Waals surface area (Å²) in [5.41, 5.74) is 0.907. The molecule has 0 radical (unpaired) electrons. The molecule has 0 bridgehead atoms. The topological polar surface area (TPSA) is 12.0 Å². The van der Waals surface area contributed by atoms with Crippen molar-refractivity contribution in [2.45, 2.75) is 19.4 Å². The van der Waals surface area contributed by atoms with Gasteiger partial charge in [0.2, 0.25) is 0 Å². The van der Waals surface area contributed by atoms with Crippen LogP contribution in [0.1, 0.15) is 24.1 Å². The van der Waals surface area contributed by atoms with Crippen LogP contribution < -0.4 is 5.32 Å². The summed E-state index contributed by atoms with van der Waals surface area (Å²) in [5.74, 6) is -3.02. The van der Waals surface area contributed by atoms with Gasteiger partial charge in [-0.15, -0.1) is 0 Å². The fraction of sp³-hybridized carbons (Fsp3) is 0.250. The van der Waals surface area contributed by atoms with E-state index in [1.54, 1.807) is 12.1 Å². The first-order chi connectivity index (χ1) is 10.0. The van der Waals surface area contributed by atoms with E-state index in [0.717, 1.165) is 11.6 Å². The molecule has 2 aromatic carbocycles. The van der Waals surface area contributed by atoms with E-state index in [0.29, 0.717) is 24.1 Å². The van der Waals surface area contributed by atoms with Crippen LogP contribution in [-0.2, 0) is 6.42 Å². The molecule has 1 unspecified atom stereocenters. The molecule has 21 heavy (non-hydrogen) atoms. The van der Waals surface area contributed by atoms with Crippen LogP contribution in [0.25, 0.3) is 0 Å². The van der Waals surface area contributed by atoms with Crippen molar-refractivity contribution >= 4 is 11.6 Å². The lowest BCUT2D eigenvalue weighted by Gasteiger charge is -2.20. The van der Waals surface area contributed by atoms with Gasteiger partial charge in [0.15, 0.2) is 11.6 Å². The van der Waals surface area contributed by atoms with Gasteiger partial charge in [-0.2, -0.15) is 0 Å². The minimum Gasteiger partial charge on any atom is -0.310 e. The molecule has 0 saturated carbocycles. The van der Waals surface area contributed by atoms with Gasteiger partial charge in [-0.25, -0.2) is 13.2 Å². The highest BCUT2D eigenvalue weighted by molar-refractivity contribution is 6.31. The summed E-state index contributed by atoms with van der Waals surface area (Å²) >= 11 is 6.10. The summed E-state index contributed by atoms with van der Waals surface area (Å²) in [6.07, 6.45) is 0.384. The standard InChI is InChI=1S/C16H15ClF3N/c1-2-21-16(7-10-5-3-4-6-12(10)17)11-8-14(19)15(20)9-13(11)18/h3-6,8-9,16,21H,2,7H2,1H3. The number of hydrogen-bond donors (Lipinski definition) is 1. The van der Waals surface area contributed by atoms with Crippen molar-refractivity contribution < 1.29 is 13.2 Å². The zero-order chi connectivity index (χ0) is 15.4. The molecule has 2 aromatic rings. The minimum atomic E-state index is -1.19. The summed E-state index contributed by atoms with van der Waals surface area (Å²) in [6, 6.07) is 8.17. The van der Waals surface area contributed by atoms with E-state index in [1.807, 2.05) is 19.1 Å². The molecule has 1 atom stereocenters. The monoisotopic (exact) mass is 313 g/mol. The Bertz CT molecular complexity index is 631. The molecule has 0 spiro atoms. The highest BCUT2D eigenvalue weighted by Gasteiger charge is 2.19. The highest BCUT2D eigenvalue weighted by Crippen LogP contribution is 2.26. The third-order valence-corrected chi connectivity index (χ3v) is 3.62. The van der Waals surface area contributed by atoms with E-state index < -0.39 is 23.5 Å². The van der Waals surface area contributed by atoms with E-state index in [1.165, 1.54) is 0 Å². The lowest BCUT2D eigenvalue weighted by molar-refractivity contribution is 0.467. The average Bonchev–Trinajstić information content (AvgIpc) is 2.45. The average molecular weight is 314 g/mol. The van der Waals surface area contributed by atoms with Crippen molar-refractivity contribution in [3.8, 4) is 0 Å². The van der Waals surface area contributed by atoms with Crippen molar-refractivity contribution in [3.63, 3.8) is 0 Å². The van der Waals surface area contributed by atoms with Gasteiger partial charge in [-0.1, -0.05) is 36.7 Å². The predicted molar refractivity (Wildman–Crippen MR) is 77.9 cm³/mol. The number of nitrogens with one attached hydrogen (secondary N) is 1. The highest BCUT2D eigenvalue weighted by atomic mass is 35.5. The van der Waals surface area contributed by atoms with Crippen molar-refractivity contribution in [1.29, 1.82) is 0 Å². The summed E-state index contributed by atoms with van der Waals surface area (Å²) in [7, 11) is 0. The van der Waals surface area contributed by atoms with Crippen molar-refractivity contribution in [1.82, 2.24) is 5.32 Å². The maximum absolute atomic E-state index is 13.9. The second-order valence-electron chi connectivity index (χ2n) is 4.69. The minimum absolute atomic E-state index is 0.0932. The Balaban J connectivity index is 2.35. The van der Waals surface area contributed by atoms with Crippen LogP contribution in [0.3, 0.4) is 0 Å². The van der Waals surface area contributed by atoms with Crippen molar-refractivity contribution in [2.24, 2.45) is 0 Å². The molecule has 0 saturated heterocycles. The van der Waals surface area contributed by atoms with Crippen LogP contribution in [0.2, 0.25) is 5.02 Å². The molecule has 1 nitrogen and oxygen atoms in total. The van der Waals surface area contributed by atoms with Gasteiger partial charge in [0, 0.05) is 22.7 Å². The van der Waals surface area contributed by atoms with E-state index in [2.05, 4.69) is 5.32 Å². The molecule has 5 heteroatoms. The normalized spacial score (nSPS) is 12.4. The third kappa shape index (κ3) is 3.77. The molecule has 0 heterocycles. The largest absolute Gasteiger partial charge is 0.310 e. The SMILES string of the molecule is CCNC(Cc1ccccc1Cl)c1cc(F)c(F)cc1F. The Kier molecular flexibility index (Phi) is 5.26. The van der Waals surface area contributed by atoms with Gasteiger partial charge in [-0.05, 0) is 30.7 Å². The van der Waals surface area contributed by atoms with Crippen LogP contribution in [0.15, 0.2) is 36.4 Å². The summed E-state index contributed by atoms with van der Waals surface area (Å²) in [6.45, 7) is 2.42. The Hall–Kier alpha value is -1.52. The molecule has 0 aliphatic heterocycles. The summed E-state index contributed by atoms with van der Waals surface area (Å²) < 4.78 is 40.4. The van der Waals surface area contributed by atoms with E-state index in [-0.39, 0.29) is 5.56 Å². The third-order valence-electron chi connectivity index (χ3n) is 3.25. The predicted octanol–water partition coefficient (Wildman–Crippen LogP) is 4.65. The van der Waals surface area contributed by atoms with Gasteiger partial charge in [0.1, 0.15) is 5.82 Å². The van der Waals surface area contributed by atoms with Gasteiger partial charge in [-0.3, -0.25) is 0 Å². The smallest absolute Gasteiger partial charge is 0.161 e. The second-order valence-corrected chi connectivity index (χ2v) is 5.10. The molecule has 0 aliphatic rings. The van der Waals surface area contributed by atoms with Gasteiger partial charge >= 0.3 is 0 Å². The van der Waals surface area contributed by atoms with Crippen molar-refractivity contribution in [3.05, 3.63) is 70.0 Å². The van der Waals surface area contributed by atoms with E-state index >= 15 is 0 Å². The molecular formula is C16H15ClF3N. The maximum Gasteiger partial charge on any atom is 0.161 e. The number of likely N-dealkylation sites (N-methyl/N-ethyl adjacent to an activating group) is 1. The Labute approximate surface area is 126 Å². The number of rotatable bonds is 5. The van der Waals surface area contributed by atoms with Crippen LogP contribution in [0.4, 0.5) is 13.2 Å². The first-order valence-electron chi connectivity index (χ1n) is 6.64. The maximum atomic E-state index is 13.9. The Morgan fingerprint density at radius 2 is 1.71 bits per heavy atom.